The van der Waals surface area contributed by atoms with Crippen LogP contribution in [0.25, 0.3) is 22.5 Å². The lowest BCUT2D eigenvalue weighted by atomic mass is 9.96. The van der Waals surface area contributed by atoms with Gasteiger partial charge in [-0.3, -0.25) is 4.98 Å². The second-order valence-electron chi connectivity index (χ2n) is 8.82. The number of imidazole rings is 1. The maximum Gasteiger partial charge on any atom is 0.323 e. The molecule has 2 amide bonds. The normalized spacial score (nSPS) is 11.2. The molecule has 0 aliphatic rings. The molecule has 6 heteroatoms. The SMILES string of the molecule is Cc1cccc(NC(=O)Nc2cccc(-c3nc(C(C)(C)C)[nH]c3-c3ccncc3)c2)c1. The van der Waals surface area contributed by atoms with E-state index >= 15 is 0 Å². The lowest BCUT2D eigenvalue weighted by molar-refractivity contribution is 0.262. The summed E-state index contributed by atoms with van der Waals surface area (Å²) >= 11 is 0. The lowest BCUT2D eigenvalue weighted by Crippen LogP contribution is -2.19. The first-order valence-corrected chi connectivity index (χ1v) is 10.6. The van der Waals surface area contributed by atoms with Crippen molar-refractivity contribution in [3.05, 3.63) is 84.4 Å². The number of amides is 2. The van der Waals surface area contributed by atoms with Crippen LogP contribution in [-0.2, 0) is 5.41 Å². The average molecular weight is 426 g/mol. The molecule has 0 fully saturated rings. The van der Waals surface area contributed by atoms with E-state index in [1.807, 2.05) is 67.6 Å². The highest BCUT2D eigenvalue weighted by atomic mass is 16.2. The Morgan fingerprint density at radius 2 is 1.53 bits per heavy atom. The maximum absolute atomic E-state index is 12.5. The van der Waals surface area contributed by atoms with Gasteiger partial charge in [-0.2, -0.15) is 0 Å². The van der Waals surface area contributed by atoms with Gasteiger partial charge in [0.25, 0.3) is 0 Å². The van der Waals surface area contributed by atoms with E-state index in [1.54, 1.807) is 12.4 Å². The number of hydrogen-bond donors (Lipinski definition) is 3. The van der Waals surface area contributed by atoms with Crippen LogP contribution in [0.15, 0.2) is 73.1 Å². The number of carbonyl (C=O) groups is 1. The zero-order chi connectivity index (χ0) is 22.7. The Hall–Kier alpha value is -3.93. The summed E-state index contributed by atoms with van der Waals surface area (Å²) in [6, 6.07) is 19.0. The Bertz CT molecular complexity index is 1240. The number of pyridine rings is 1. The number of aromatic amines is 1. The van der Waals surface area contributed by atoms with Crippen LogP contribution in [0.4, 0.5) is 16.2 Å². The molecule has 0 aliphatic heterocycles. The Balaban J connectivity index is 1.64. The number of H-pyrrole nitrogens is 1. The Kier molecular flexibility index (Phi) is 5.77. The molecule has 4 aromatic rings. The number of carbonyl (C=O) groups excluding carboxylic acids is 1. The van der Waals surface area contributed by atoms with Crippen molar-refractivity contribution in [2.75, 3.05) is 10.6 Å². The van der Waals surface area contributed by atoms with Crippen molar-refractivity contribution in [3.8, 4) is 22.5 Å². The van der Waals surface area contributed by atoms with Crippen molar-refractivity contribution < 1.29 is 4.79 Å². The van der Waals surface area contributed by atoms with Crippen LogP contribution in [0.1, 0.15) is 32.2 Å². The van der Waals surface area contributed by atoms with Crippen LogP contribution in [0.3, 0.4) is 0 Å². The number of anilines is 2. The molecule has 0 bridgehead atoms. The minimum atomic E-state index is -0.292. The molecule has 0 radical (unpaired) electrons. The number of nitrogens with zero attached hydrogens (tertiary/aromatic N) is 2. The van der Waals surface area contributed by atoms with Crippen molar-refractivity contribution in [2.45, 2.75) is 33.1 Å². The van der Waals surface area contributed by atoms with Gasteiger partial charge < -0.3 is 15.6 Å². The highest BCUT2D eigenvalue weighted by molar-refractivity contribution is 6.00. The summed E-state index contributed by atoms with van der Waals surface area (Å²) in [5.74, 6) is 0.898. The minimum absolute atomic E-state index is 0.135. The third-order valence-electron chi connectivity index (χ3n) is 5.05. The van der Waals surface area contributed by atoms with E-state index in [4.69, 9.17) is 4.98 Å². The van der Waals surface area contributed by atoms with Crippen LogP contribution < -0.4 is 10.6 Å². The van der Waals surface area contributed by atoms with Crippen molar-refractivity contribution in [1.29, 1.82) is 0 Å². The number of hydrogen-bond acceptors (Lipinski definition) is 3. The molecule has 6 nitrogen and oxygen atoms in total. The quantitative estimate of drug-likeness (QED) is 0.354. The van der Waals surface area contributed by atoms with Gasteiger partial charge in [0, 0.05) is 40.3 Å². The number of aromatic nitrogens is 3. The third kappa shape index (κ3) is 4.86. The van der Waals surface area contributed by atoms with Crippen molar-refractivity contribution in [3.63, 3.8) is 0 Å². The molecule has 0 saturated heterocycles. The molecule has 0 spiro atoms. The van der Waals surface area contributed by atoms with Crippen LogP contribution in [0, 0.1) is 6.92 Å². The maximum atomic E-state index is 12.5. The molecule has 32 heavy (non-hydrogen) atoms. The molecule has 0 aliphatic carbocycles. The van der Waals surface area contributed by atoms with E-state index in [1.165, 1.54) is 0 Å². The van der Waals surface area contributed by atoms with Gasteiger partial charge in [0.05, 0.1) is 11.4 Å². The molecule has 0 atom stereocenters. The summed E-state index contributed by atoms with van der Waals surface area (Å²) < 4.78 is 0. The highest BCUT2D eigenvalue weighted by Gasteiger charge is 2.22. The Labute approximate surface area is 188 Å². The van der Waals surface area contributed by atoms with E-state index in [2.05, 4.69) is 41.4 Å². The third-order valence-corrected chi connectivity index (χ3v) is 5.05. The number of nitrogens with one attached hydrogen (secondary N) is 3. The van der Waals surface area contributed by atoms with Crippen LogP contribution in [-0.4, -0.2) is 21.0 Å². The summed E-state index contributed by atoms with van der Waals surface area (Å²) in [4.78, 5) is 25.1. The molecular formula is C26H27N5O. The minimum Gasteiger partial charge on any atom is -0.341 e. The summed E-state index contributed by atoms with van der Waals surface area (Å²) in [7, 11) is 0. The first-order chi connectivity index (χ1) is 15.3. The van der Waals surface area contributed by atoms with Gasteiger partial charge >= 0.3 is 6.03 Å². The zero-order valence-corrected chi connectivity index (χ0v) is 18.7. The second-order valence-corrected chi connectivity index (χ2v) is 8.82. The molecule has 2 aromatic carbocycles. The van der Waals surface area contributed by atoms with Crippen molar-refractivity contribution in [1.82, 2.24) is 15.0 Å². The van der Waals surface area contributed by atoms with Gasteiger partial charge in [-0.15, -0.1) is 0 Å². The van der Waals surface area contributed by atoms with E-state index in [9.17, 15) is 4.79 Å². The fourth-order valence-corrected chi connectivity index (χ4v) is 3.43. The van der Waals surface area contributed by atoms with Crippen molar-refractivity contribution >= 4 is 17.4 Å². The summed E-state index contributed by atoms with van der Waals surface area (Å²) in [5, 5.41) is 5.79. The van der Waals surface area contributed by atoms with Gasteiger partial charge in [-0.05, 0) is 48.9 Å². The van der Waals surface area contributed by atoms with Gasteiger partial charge in [-0.25, -0.2) is 9.78 Å². The molecule has 2 aromatic heterocycles. The van der Waals surface area contributed by atoms with Crippen molar-refractivity contribution in [2.24, 2.45) is 0 Å². The number of aryl methyl sites for hydroxylation is 1. The number of rotatable bonds is 4. The van der Waals surface area contributed by atoms with Gasteiger partial charge in [0.2, 0.25) is 0 Å². The molecular weight excluding hydrogens is 398 g/mol. The van der Waals surface area contributed by atoms with Crippen LogP contribution >= 0.6 is 0 Å². The molecule has 162 valence electrons. The summed E-state index contributed by atoms with van der Waals surface area (Å²) in [5.41, 5.74) is 6.08. The second kappa shape index (κ2) is 8.67. The Morgan fingerprint density at radius 1 is 0.875 bits per heavy atom. The van der Waals surface area contributed by atoms with Crippen LogP contribution in [0.5, 0.6) is 0 Å². The largest absolute Gasteiger partial charge is 0.341 e. The Morgan fingerprint density at radius 3 is 2.19 bits per heavy atom. The van der Waals surface area contributed by atoms with E-state index in [-0.39, 0.29) is 11.4 Å². The number of urea groups is 1. The standard InChI is InChI=1S/C26H27N5O/c1-17-7-5-9-20(15-17)28-25(32)29-21-10-6-8-19(16-21)23-22(18-11-13-27-14-12-18)30-24(31-23)26(2,3)4/h5-16H,1-4H3,(H,30,31)(H2,28,29,32). The molecule has 4 rings (SSSR count). The smallest absolute Gasteiger partial charge is 0.323 e. The van der Waals surface area contributed by atoms with E-state index < -0.39 is 0 Å². The fraction of sp³-hybridized carbons (Fsp3) is 0.192. The molecule has 3 N–H and O–H groups in total. The predicted octanol–water partition coefficient (Wildman–Crippen LogP) is 6.39. The number of benzene rings is 2. The molecule has 0 unspecified atom stereocenters. The predicted molar refractivity (Wildman–Crippen MR) is 130 cm³/mol. The molecule has 0 saturated carbocycles. The molecule has 2 heterocycles. The van der Waals surface area contributed by atoms with E-state index in [0.29, 0.717) is 5.69 Å². The van der Waals surface area contributed by atoms with Gasteiger partial charge in [0.1, 0.15) is 5.82 Å². The van der Waals surface area contributed by atoms with Crippen LogP contribution in [0.2, 0.25) is 0 Å². The van der Waals surface area contributed by atoms with Gasteiger partial charge in [0.15, 0.2) is 0 Å². The highest BCUT2D eigenvalue weighted by Crippen LogP contribution is 2.34. The fourth-order valence-electron chi connectivity index (χ4n) is 3.43. The first kappa shape index (κ1) is 21.3. The average Bonchev–Trinajstić information content (AvgIpc) is 3.21. The lowest BCUT2D eigenvalue weighted by Gasteiger charge is -2.14. The monoisotopic (exact) mass is 425 g/mol. The first-order valence-electron chi connectivity index (χ1n) is 10.6. The summed E-state index contributed by atoms with van der Waals surface area (Å²) in [6.07, 6.45) is 3.54. The zero-order valence-electron chi connectivity index (χ0n) is 18.7. The summed E-state index contributed by atoms with van der Waals surface area (Å²) in [6.45, 7) is 8.36. The van der Waals surface area contributed by atoms with E-state index in [0.717, 1.165) is 39.6 Å². The topological polar surface area (TPSA) is 82.7 Å². The van der Waals surface area contributed by atoms with Gasteiger partial charge in [-0.1, -0.05) is 45.0 Å².